The van der Waals surface area contributed by atoms with E-state index in [4.69, 9.17) is 0 Å². The van der Waals surface area contributed by atoms with Crippen LogP contribution in [0.25, 0.3) is 0 Å². The highest BCUT2D eigenvalue weighted by atomic mass is 16.1. The topological polar surface area (TPSA) is 29.1 Å². The summed E-state index contributed by atoms with van der Waals surface area (Å²) in [5, 5.41) is 3.41. The second-order valence-electron chi connectivity index (χ2n) is 7.30. The molecule has 0 unspecified atom stereocenters. The molecular weight excluding hydrogens is 258 g/mol. The minimum atomic E-state index is 0.306. The fourth-order valence-corrected chi connectivity index (χ4v) is 3.99. The predicted molar refractivity (Wildman–Crippen MR) is 89.3 cm³/mol. The van der Waals surface area contributed by atoms with Gasteiger partial charge < -0.3 is 5.32 Å². The fraction of sp³-hybridized carbons (Fsp3) is 0.947. The molecule has 0 aliphatic heterocycles. The van der Waals surface area contributed by atoms with Crippen molar-refractivity contribution in [1.82, 2.24) is 5.32 Å². The third-order valence-electron chi connectivity index (χ3n) is 5.43. The second kappa shape index (κ2) is 10.2. The Hall–Kier alpha value is -0.530. The number of rotatable bonds is 2. The van der Waals surface area contributed by atoms with Gasteiger partial charge in [-0.25, -0.2) is 0 Å². The molecule has 1 N–H and O–H groups in total. The molecule has 2 fully saturated rings. The molecule has 0 aromatic heterocycles. The molecule has 0 aromatic carbocycles. The van der Waals surface area contributed by atoms with Gasteiger partial charge in [0.25, 0.3) is 0 Å². The molecule has 2 rings (SSSR count). The highest BCUT2D eigenvalue weighted by Crippen LogP contribution is 2.23. The molecule has 2 nitrogen and oxygen atoms in total. The normalized spacial score (nSPS) is 24.8. The highest BCUT2D eigenvalue weighted by Gasteiger charge is 2.21. The van der Waals surface area contributed by atoms with E-state index in [2.05, 4.69) is 5.32 Å². The van der Waals surface area contributed by atoms with E-state index in [0.717, 1.165) is 12.8 Å². The van der Waals surface area contributed by atoms with Gasteiger partial charge in [0.2, 0.25) is 5.91 Å². The molecule has 122 valence electrons. The summed E-state index contributed by atoms with van der Waals surface area (Å²) in [6, 6.07) is 0.459. The van der Waals surface area contributed by atoms with Crippen LogP contribution in [0.4, 0.5) is 0 Å². The van der Waals surface area contributed by atoms with Crippen LogP contribution in [0.1, 0.15) is 103 Å². The van der Waals surface area contributed by atoms with Crippen LogP contribution in [0.2, 0.25) is 0 Å². The number of hydrogen-bond donors (Lipinski definition) is 1. The lowest BCUT2D eigenvalue weighted by atomic mass is 9.90. The van der Waals surface area contributed by atoms with Crippen molar-refractivity contribution in [2.75, 3.05) is 0 Å². The van der Waals surface area contributed by atoms with Gasteiger partial charge in [0, 0.05) is 12.0 Å². The summed E-state index contributed by atoms with van der Waals surface area (Å²) in [5.74, 6) is 0.680. The first kappa shape index (κ1) is 16.8. The Morgan fingerprint density at radius 1 is 0.571 bits per heavy atom. The van der Waals surface area contributed by atoms with E-state index < -0.39 is 0 Å². The van der Waals surface area contributed by atoms with Crippen molar-refractivity contribution in [2.24, 2.45) is 5.92 Å². The van der Waals surface area contributed by atoms with Crippen molar-refractivity contribution in [1.29, 1.82) is 0 Å². The summed E-state index contributed by atoms with van der Waals surface area (Å²) in [4.78, 5) is 12.6. The summed E-state index contributed by atoms with van der Waals surface area (Å²) < 4.78 is 0. The molecule has 0 spiro atoms. The number of carbonyl (C=O) groups is 1. The summed E-state index contributed by atoms with van der Waals surface area (Å²) >= 11 is 0. The maximum absolute atomic E-state index is 12.6. The van der Waals surface area contributed by atoms with Crippen LogP contribution in [0, 0.1) is 5.92 Å². The molecule has 0 atom stereocenters. The maximum atomic E-state index is 12.6. The summed E-state index contributed by atoms with van der Waals surface area (Å²) in [6.45, 7) is 0. The van der Waals surface area contributed by atoms with Gasteiger partial charge in [-0.3, -0.25) is 4.79 Å². The summed E-state index contributed by atoms with van der Waals surface area (Å²) in [5.41, 5.74) is 0. The van der Waals surface area contributed by atoms with Crippen LogP contribution in [0.3, 0.4) is 0 Å². The Balaban J connectivity index is 1.77. The van der Waals surface area contributed by atoms with E-state index >= 15 is 0 Å². The van der Waals surface area contributed by atoms with Gasteiger partial charge in [-0.2, -0.15) is 0 Å². The van der Waals surface area contributed by atoms with Gasteiger partial charge in [0.1, 0.15) is 0 Å². The molecule has 0 bridgehead atoms. The van der Waals surface area contributed by atoms with Crippen molar-refractivity contribution in [3.05, 3.63) is 0 Å². The van der Waals surface area contributed by atoms with Gasteiger partial charge in [0.15, 0.2) is 0 Å². The Labute approximate surface area is 131 Å². The first-order chi connectivity index (χ1) is 10.4. The summed E-state index contributed by atoms with van der Waals surface area (Å²) in [7, 11) is 0. The Morgan fingerprint density at radius 2 is 0.952 bits per heavy atom. The van der Waals surface area contributed by atoms with E-state index in [1.807, 2.05) is 0 Å². The molecule has 0 heterocycles. The van der Waals surface area contributed by atoms with Gasteiger partial charge in [-0.1, -0.05) is 77.0 Å². The van der Waals surface area contributed by atoms with Gasteiger partial charge in [0.05, 0.1) is 0 Å². The average Bonchev–Trinajstić information content (AvgIpc) is 2.45. The van der Waals surface area contributed by atoms with E-state index in [1.165, 1.54) is 89.9 Å². The van der Waals surface area contributed by atoms with Gasteiger partial charge >= 0.3 is 0 Å². The molecule has 2 heteroatoms. The summed E-state index contributed by atoms with van der Waals surface area (Å²) in [6.07, 6.45) is 20.7. The zero-order chi connectivity index (χ0) is 14.8. The number of nitrogens with one attached hydrogen (secondary N) is 1. The molecule has 0 radical (unpaired) electrons. The molecule has 0 saturated heterocycles. The molecular formula is C19H35NO. The number of amides is 1. The third kappa shape index (κ3) is 6.84. The monoisotopic (exact) mass is 293 g/mol. The fourth-order valence-electron chi connectivity index (χ4n) is 3.99. The lowest BCUT2D eigenvalue weighted by molar-refractivity contribution is -0.126. The van der Waals surface area contributed by atoms with Crippen molar-refractivity contribution in [3.8, 4) is 0 Å². The highest BCUT2D eigenvalue weighted by molar-refractivity contribution is 5.78. The molecule has 0 aromatic rings. The van der Waals surface area contributed by atoms with E-state index in [1.54, 1.807) is 0 Å². The lowest BCUT2D eigenvalue weighted by Gasteiger charge is -2.24. The SMILES string of the molecule is O=C(NC1CCCCCCCCC1)C1CCCCCCC1. The lowest BCUT2D eigenvalue weighted by Crippen LogP contribution is -2.39. The molecule has 2 aliphatic rings. The Kier molecular flexibility index (Phi) is 8.21. The first-order valence-electron chi connectivity index (χ1n) is 9.66. The average molecular weight is 293 g/mol. The molecule has 2 aliphatic carbocycles. The second-order valence-corrected chi connectivity index (χ2v) is 7.30. The molecule has 21 heavy (non-hydrogen) atoms. The van der Waals surface area contributed by atoms with E-state index in [-0.39, 0.29) is 0 Å². The quantitative estimate of drug-likeness (QED) is 0.730. The Bertz CT molecular complexity index is 271. The Morgan fingerprint density at radius 3 is 1.43 bits per heavy atom. The van der Waals surface area contributed by atoms with Crippen LogP contribution in [-0.4, -0.2) is 11.9 Å². The van der Waals surface area contributed by atoms with Crippen LogP contribution in [0.5, 0.6) is 0 Å². The van der Waals surface area contributed by atoms with E-state index in [0.29, 0.717) is 17.9 Å². The van der Waals surface area contributed by atoms with Gasteiger partial charge in [-0.15, -0.1) is 0 Å². The van der Waals surface area contributed by atoms with Gasteiger partial charge in [-0.05, 0) is 25.7 Å². The van der Waals surface area contributed by atoms with Crippen LogP contribution >= 0.6 is 0 Å². The number of hydrogen-bond acceptors (Lipinski definition) is 1. The van der Waals surface area contributed by atoms with Crippen molar-refractivity contribution in [2.45, 2.75) is 109 Å². The molecule has 2 saturated carbocycles. The van der Waals surface area contributed by atoms with Crippen LogP contribution < -0.4 is 5.32 Å². The third-order valence-corrected chi connectivity index (χ3v) is 5.43. The zero-order valence-electron chi connectivity index (χ0n) is 13.9. The zero-order valence-corrected chi connectivity index (χ0v) is 13.9. The van der Waals surface area contributed by atoms with Crippen molar-refractivity contribution < 1.29 is 4.79 Å². The maximum Gasteiger partial charge on any atom is 0.223 e. The smallest absolute Gasteiger partial charge is 0.223 e. The van der Waals surface area contributed by atoms with Crippen LogP contribution in [0.15, 0.2) is 0 Å². The predicted octanol–water partition coefficient (Wildman–Crippen LogP) is 5.36. The van der Waals surface area contributed by atoms with Crippen molar-refractivity contribution >= 4 is 5.91 Å². The number of carbonyl (C=O) groups excluding carboxylic acids is 1. The molecule has 1 amide bonds. The first-order valence-corrected chi connectivity index (χ1v) is 9.66. The minimum absolute atomic E-state index is 0.306. The van der Waals surface area contributed by atoms with Crippen LogP contribution in [-0.2, 0) is 4.79 Å². The van der Waals surface area contributed by atoms with Crippen molar-refractivity contribution in [3.63, 3.8) is 0 Å². The van der Waals surface area contributed by atoms with E-state index in [9.17, 15) is 4.79 Å². The minimum Gasteiger partial charge on any atom is -0.353 e. The standard InChI is InChI=1S/C19H35NO/c21-19(17-13-9-5-4-6-10-14-17)20-18-15-11-7-2-1-3-8-12-16-18/h17-18H,1-16H2,(H,20,21). The largest absolute Gasteiger partial charge is 0.353 e.